The van der Waals surface area contributed by atoms with Crippen molar-refractivity contribution in [3.05, 3.63) is 54.6 Å². The first-order valence-electron chi connectivity index (χ1n) is 4.86. The van der Waals surface area contributed by atoms with Gasteiger partial charge >= 0.3 is 0 Å². The summed E-state index contributed by atoms with van der Waals surface area (Å²) in [5, 5.41) is 0. The lowest BCUT2D eigenvalue weighted by atomic mass is 10.2. The van der Waals surface area contributed by atoms with Crippen LogP contribution in [0.15, 0.2) is 43.0 Å². The third kappa shape index (κ3) is 1.52. The average molecular weight is 196 g/mol. The first-order valence-corrected chi connectivity index (χ1v) is 4.86. The van der Waals surface area contributed by atoms with Crippen molar-refractivity contribution in [3.63, 3.8) is 0 Å². The van der Waals surface area contributed by atoms with Crippen LogP contribution in [0.1, 0.15) is 5.56 Å². The third-order valence-electron chi connectivity index (χ3n) is 2.45. The topological polar surface area (TPSA) is 33.6 Å². The summed E-state index contributed by atoms with van der Waals surface area (Å²) in [5.41, 5.74) is 3.35. The molecule has 1 N–H and O–H groups in total. The van der Waals surface area contributed by atoms with Gasteiger partial charge in [0.05, 0.1) is 17.4 Å². The molecule has 0 unspecified atom stereocenters. The lowest BCUT2D eigenvalue weighted by Crippen LogP contribution is -1.95. The van der Waals surface area contributed by atoms with Gasteiger partial charge in [0.25, 0.3) is 0 Å². The van der Waals surface area contributed by atoms with Crippen LogP contribution in [0.25, 0.3) is 11.0 Å². The van der Waals surface area contributed by atoms with Crippen LogP contribution in [0.3, 0.4) is 0 Å². The number of nitrogens with one attached hydrogen (secondary N) is 1. The quantitative estimate of drug-likeness (QED) is 0.669. The van der Waals surface area contributed by atoms with Crippen LogP contribution in [0.5, 0.6) is 0 Å². The highest BCUT2D eigenvalue weighted by atomic mass is 14.9. The van der Waals surface area contributed by atoms with E-state index >= 15 is 0 Å². The summed E-state index contributed by atoms with van der Waals surface area (Å²) in [4.78, 5) is 7.32. The standard InChI is InChI=1S/C12H10N3/c1-2-6-15(5-1)8-10-3-4-11-12(7-10)14-9-13-11/h1,3-7,9H,8H2,(H,13,14). The predicted octanol–water partition coefficient (Wildman–Crippen LogP) is 2.21. The number of nitrogens with zero attached hydrogens (tertiary/aromatic N) is 2. The molecule has 3 heteroatoms. The van der Waals surface area contributed by atoms with E-state index in [0.29, 0.717) is 0 Å². The molecule has 3 aromatic rings. The minimum atomic E-state index is 0.867. The van der Waals surface area contributed by atoms with Crippen LogP contribution in [0.2, 0.25) is 0 Å². The fraction of sp³-hybridized carbons (Fsp3) is 0.0833. The van der Waals surface area contributed by atoms with Gasteiger partial charge in [-0.05, 0) is 23.8 Å². The van der Waals surface area contributed by atoms with Crippen LogP contribution in [0, 0.1) is 6.07 Å². The van der Waals surface area contributed by atoms with E-state index < -0.39 is 0 Å². The summed E-state index contributed by atoms with van der Waals surface area (Å²) in [6.07, 6.45) is 5.67. The molecule has 0 spiro atoms. The molecule has 0 saturated heterocycles. The number of imidazole rings is 1. The highest BCUT2D eigenvalue weighted by molar-refractivity contribution is 5.74. The van der Waals surface area contributed by atoms with Gasteiger partial charge in [0, 0.05) is 25.0 Å². The van der Waals surface area contributed by atoms with Crippen LogP contribution in [-0.4, -0.2) is 14.5 Å². The van der Waals surface area contributed by atoms with Gasteiger partial charge in [0.15, 0.2) is 0 Å². The molecule has 73 valence electrons. The molecule has 2 heterocycles. The lowest BCUT2D eigenvalue weighted by molar-refractivity contribution is 0.807. The summed E-state index contributed by atoms with van der Waals surface area (Å²) in [6.45, 7) is 0.867. The molecule has 0 aliphatic heterocycles. The molecule has 3 nitrogen and oxygen atoms in total. The molecule has 0 bridgehead atoms. The maximum absolute atomic E-state index is 4.24. The van der Waals surface area contributed by atoms with E-state index in [4.69, 9.17) is 0 Å². The van der Waals surface area contributed by atoms with Gasteiger partial charge in [-0.25, -0.2) is 4.98 Å². The molecule has 1 aromatic carbocycles. The normalized spacial score (nSPS) is 10.9. The minimum absolute atomic E-state index is 0.867. The molecule has 1 radical (unpaired) electrons. The molecule has 2 aromatic heterocycles. The number of aromatic nitrogens is 3. The summed E-state index contributed by atoms with van der Waals surface area (Å²) >= 11 is 0. The number of aromatic amines is 1. The minimum Gasteiger partial charge on any atom is -0.349 e. The predicted molar refractivity (Wildman–Crippen MR) is 58.5 cm³/mol. The molecule has 15 heavy (non-hydrogen) atoms. The van der Waals surface area contributed by atoms with E-state index in [1.807, 2.05) is 18.5 Å². The zero-order chi connectivity index (χ0) is 10.1. The highest BCUT2D eigenvalue weighted by Gasteiger charge is 1.98. The van der Waals surface area contributed by atoms with Crippen LogP contribution in [-0.2, 0) is 6.54 Å². The highest BCUT2D eigenvalue weighted by Crippen LogP contribution is 2.12. The maximum Gasteiger partial charge on any atom is 0.0931 e. The third-order valence-corrected chi connectivity index (χ3v) is 2.45. The number of fused-ring (bicyclic) bond motifs is 1. The van der Waals surface area contributed by atoms with Gasteiger partial charge in [-0.15, -0.1) is 0 Å². The van der Waals surface area contributed by atoms with Crippen molar-refractivity contribution >= 4 is 11.0 Å². The van der Waals surface area contributed by atoms with Crippen molar-refractivity contribution in [2.45, 2.75) is 6.54 Å². The van der Waals surface area contributed by atoms with E-state index in [9.17, 15) is 0 Å². The number of hydrogen-bond donors (Lipinski definition) is 1. The first-order chi connectivity index (χ1) is 7.42. The van der Waals surface area contributed by atoms with Crippen LogP contribution >= 0.6 is 0 Å². The molecule has 3 rings (SSSR count). The molecule has 0 amide bonds. The molecular formula is C12H10N3. The van der Waals surface area contributed by atoms with Gasteiger partial charge in [-0.3, -0.25) is 0 Å². The van der Waals surface area contributed by atoms with Crippen molar-refractivity contribution in [2.75, 3.05) is 0 Å². The number of H-pyrrole nitrogens is 1. The van der Waals surface area contributed by atoms with E-state index in [1.165, 1.54) is 5.56 Å². The lowest BCUT2D eigenvalue weighted by Gasteiger charge is -2.02. The Hall–Kier alpha value is -2.03. The summed E-state index contributed by atoms with van der Waals surface area (Å²) in [6, 6.07) is 11.2. The number of rotatable bonds is 2. The average Bonchev–Trinajstić information content (AvgIpc) is 2.87. The Kier molecular flexibility index (Phi) is 1.81. The van der Waals surface area contributed by atoms with Gasteiger partial charge in [-0.2, -0.15) is 0 Å². The Morgan fingerprint density at radius 2 is 2.40 bits per heavy atom. The van der Waals surface area contributed by atoms with Crippen molar-refractivity contribution in [1.82, 2.24) is 14.5 Å². The largest absolute Gasteiger partial charge is 0.349 e. The zero-order valence-electron chi connectivity index (χ0n) is 8.14. The Morgan fingerprint density at radius 3 is 3.27 bits per heavy atom. The second-order valence-electron chi connectivity index (χ2n) is 3.54. The first kappa shape index (κ1) is 8.29. The molecule has 0 aliphatic carbocycles. The molecular weight excluding hydrogens is 186 g/mol. The molecule has 0 saturated carbocycles. The van der Waals surface area contributed by atoms with Crippen molar-refractivity contribution in [1.29, 1.82) is 0 Å². The van der Waals surface area contributed by atoms with E-state index in [-0.39, 0.29) is 0 Å². The fourth-order valence-electron chi connectivity index (χ4n) is 1.71. The summed E-state index contributed by atoms with van der Waals surface area (Å²) in [5.74, 6) is 0. The van der Waals surface area contributed by atoms with Gasteiger partial charge < -0.3 is 9.55 Å². The van der Waals surface area contributed by atoms with Gasteiger partial charge in [-0.1, -0.05) is 6.07 Å². The smallest absolute Gasteiger partial charge is 0.0931 e. The SMILES string of the molecule is [c]1ccn(Cc2ccc3[nH]cnc3c2)c1. The van der Waals surface area contributed by atoms with Crippen molar-refractivity contribution < 1.29 is 0 Å². The Balaban J connectivity index is 1.97. The Morgan fingerprint density at radius 1 is 1.40 bits per heavy atom. The second kappa shape index (κ2) is 3.28. The molecule has 0 atom stereocenters. The second-order valence-corrected chi connectivity index (χ2v) is 3.54. The van der Waals surface area contributed by atoms with Crippen molar-refractivity contribution in [3.8, 4) is 0 Å². The van der Waals surface area contributed by atoms with E-state index in [0.717, 1.165) is 17.6 Å². The van der Waals surface area contributed by atoms with Crippen LogP contribution < -0.4 is 0 Å². The number of hydrogen-bond acceptors (Lipinski definition) is 1. The maximum atomic E-state index is 4.24. The van der Waals surface area contributed by atoms with Crippen LogP contribution in [0.4, 0.5) is 0 Å². The van der Waals surface area contributed by atoms with E-state index in [1.54, 1.807) is 6.33 Å². The zero-order valence-corrected chi connectivity index (χ0v) is 8.14. The Labute approximate surface area is 87.4 Å². The number of benzene rings is 1. The molecule has 0 aliphatic rings. The molecule has 0 fully saturated rings. The summed E-state index contributed by atoms with van der Waals surface area (Å²) < 4.78 is 2.09. The van der Waals surface area contributed by atoms with Gasteiger partial charge in [0.2, 0.25) is 0 Å². The van der Waals surface area contributed by atoms with E-state index in [2.05, 4.69) is 38.8 Å². The Bertz CT molecular complexity index is 563. The monoisotopic (exact) mass is 196 g/mol. The van der Waals surface area contributed by atoms with Crippen molar-refractivity contribution in [2.24, 2.45) is 0 Å². The summed E-state index contributed by atoms with van der Waals surface area (Å²) in [7, 11) is 0. The van der Waals surface area contributed by atoms with Gasteiger partial charge in [0.1, 0.15) is 0 Å². The fourth-order valence-corrected chi connectivity index (χ4v) is 1.71.